The summed E-state index contributed by atoms with van der Waals surface area (Å²) in [5.74, 6) is -1.27. The Morgan fingerprint density at radius 3 is 2.50 bits per heavy atom. The molecule has 0 saturated carbocycles. The predicted molar refractivity (Wildman–Crippen MR) is 69.6 cm³/mol. The average Bonchev–Trinajstić information content (AvgIpc) is 2.36. The van der Waals surface area contributed by atoms with Gasteiger partial charge in [0.15, 0.2) is 0 Å². The Labute approximate surface area is 112 Å². The van der Waals surface area contributed by atoms with Crippen molar-refractivity contribution >= 4 is 22.2 Å². The van der Waals surface area contributed by atoms with Crippen molar-refractivity contribution in [2.75, 3.05) is 0 Å². The first-order valence-electron chi connectivity index (χ1n) is 5.24. The normalized spacial score (nSPS) is 10.4. The van der Waals surface area contributed by atoms with Gasteiger partial charge in [-0.15, -0.1) is 0 Å². The van der Waals surface area contributed by atoms with Crippen LogP contribution >= 0.6 is 15.9 Å². The second-order valence-corrected chi connectivity index (χ2v) is 4.76. The van der Waals surface area contributed by atoms with Crippen molar-refractivity contribution in [3.05, 3.63) is 57.6 Å². The maximum absolute atomic E-state index is 14.0. The summed E-state index contributed by atoms with van der Waals surface area (Å²) in [7, 11) is 0. The van der Waals surface area contributed by atoms with Gasteiger partial charge in [0.05, 0.1) is 10.0 Å². The maximum atomic E-state index is 14.0. The smallest absolute Gasteiger partial charge is 0.150 e. The third kappa shape index (κ3) is 2.20. The van der Waals surface area contributed by atoms with E-state index in [1.54, 1.807) is 19.1 Å². The van der Waals surface area contributed by atoms with E-state index in [1.807, 2.05) is 0 Å². The van der Waals surface area contributed by atoms with Gasteiger partial charge in [-0.05, 0) is 52.2 Å². The lowest BCUT2D eigenvalue weighted by Gasteiger charge is -2.10. The van der Waals surface area contributed by atoms with Gasteiger partial charge < -0.3 is 0 Å². The summed E-state index contributed by atoms with van der Waals surface area (Å²) < 4.78 is 27.9. The van der Waals surface area contributed by atoms with Crippen molar-refractivity contribution in [1.82, 2.24) is 0 Å². The summed E-state index contributed by atoms with van der Waals surface area (Å²) in [6.07, 6.45) is 0.699. The number of aryl methyl sites for hydroxylation is 1. The SMILES string of the molecule is Cc1cc(C=O)ccc1-c1c(F)ccc(Br)c1F. The van der Waals surface area contributed by atoms with Crippen molar-refractivity contribution in [3.63, 3.8) is 0 Å². The monoisotopic (exact) mass is 310 g/mol. The summed E-state index contributed by atoms with van der Waals surface area (Å²) in [6.45, 7) is 1.71. The van der Waals surface area contributed by atoms with Crippen LogP contribution in [-0.4, -0.2) is 6.29 Å². The third-order valence-electron chi connectivity index (χ3n) is 2.70. The molecule has 0 spiro atoms. The second-order valence-electron chi connectivity index (χ2n) is 3.91. The minimum atomic E-state index is -0.642. The van der Waals surface area contributed by atoms with E-state index in [-0.39, 0.29) is 10.0 Å². The Balaban J connectivity index is 2.69. The van der Waals surface area contributed by atoms with E-state index in [9.17, 15) is 13.6 Å². The lowest BCUT2D eigenvalue weighted by molar-refractivity contribution is 0.112. The van der Waals surface area contributed by atoms with Crippen LogP contribution in [0.4, 0.5) is 8.78 Å². The molecule has 0 radical (unpaired) electrons. The highest BCUT2D eigenvalue weighted by molar-refractivity contribution is 9.10. The van der Waals surface area contributed by atoms with Crippen LogP contribution < -0.4 is 0 Å². The average molecular weight is 311 g/mol. The van der Waals surface area contributed by atoms with Gasteiger partial charge in [-0.1, -0.05) is 12.1 Å². The number of rotatable bonds is 2. The third-order valence-corrected chi connectivity index (χ3v) is 3.31. The first-order valence-corrected chi connectivity index (χ1v) is 6.03. The standard InChI is InChI=1S/C14H9BrF2O/c1-8-6-9(7-18)2-3-10(8)13-12(16)5-4-11(15)14(13)17/h2-7H,1H3. The van der Waals surface area contributed by atoms with Crippen LogP contribution in [0.15, 0.2) is 34.8 Å². The molecule has 2 rings (SSSR count). The van der Waals surface area contributed by atoms with Crippen LogP contribution in [-0.2, 0) is 0 Å². The molecule has 0 amide bonds. The fourth-order valence-electron chi connectivity index (χ4n) is 1.81. The molecule has 4 heteroatoms. The van der Waals surface area contributed by atoms with Crippen LogP contribution in [0.2, 0.25) is 0 Å². The number of halogens is 3. The van der Waals surface area contributed by atoms with Crippen molar-refractivity contribution in [1.29, 1.82) is 0 Å². The number of benzene rings is 2. The number of hydrogen-bond donors (Lipinski definition) is 0. The topological polar surface area (TPSA) is 17.1 Å². The highest BCUT2D eigenvalue weighted by Gasteiger charge is 2.16. The molecule has 0 aliphatic carbocycles. The molecule has 92 valence electrons. The van der Waals surface area contributed by atoms with Gasteiger partial charge in [-0.2, -0.15) is 0 Å². The van der Waals surface area contributed by atoms with Crippen LogP contribution in [0.3, 0.4) is 0 Å². The minimum absolute atomic E-state index is 0.0840. The molecular weight excluding hydrogens is 302 g/mol. The Kier molecular flexibility index (Phi) is 3.57. The van der Waals surface area contributed by atoms with Gasteiger partial charge in [0.1, 0.15) is 17.9 Å². The summed E-state index contributed by atoms with van der Waals surface area (Å²) in [6, 6.07) is 7.21. The van der Waals surface area contributed by atoms with Gasteiger partial charge in [0, 0.05) is 5.56 Å². The molecule has 0 fully saturated rings. The summed E-state index contributed by atoms with van der Waals surface area (Å²) >= 11 is 3.03. The fourth-order valence-corrected chi connectivity index (χ4v) is 2.15. The van der Waals surface area contributed by atoms with E-state index in [1.165, 1.54) is 18.2 Å². The van der Waals surface area contributed by atoms with E-state index in [0.717, 1.165) is 0 Å². The molecule has 0 unspecified atom stereocenters. The largest absolute Gasteiger partial charge is 0.298 e. The van der Waals surface area contributed by atoms with E-state index in [4.69, 9.17) is 0 Å². The first-order chi connectivity index (χ1) is 8.54. The fraction of sp³-hybridized carbons (Fsp3) is 0.0714. The van der Waals surface area contributed by atoms with Gasteiger partial charge in [0.2, 0.25) is 0 Å². The van der Waals surface area contributed by atoms with Crippen molar-refractivity contribution in [3.8, 4) is 11.1 Å². The molecule has 2 aromatic carbocycles. The van der Waals surface area contributed by atoms with Crippen molar-refractivity contribution < 1.29 is 13.6 Å². The molecule has 0 N–H and O–H groups in total. The summed E-state index contributed by atoms with van der Waals surface area (Å²) in [5.41, 5.74) is 1.48. The second kappa shape index (κ2) is 4.98. The van der Waals surface area contributed by atoms with E-state index in [2.05, 4.69) is 15.9 Å². The lowest BCUT2D eigenvalue weighted by Crippen LogP contribution is -1.94. The highest BCUT2D eigenvalue weighted by atomic mass is 79.9. The first kappa shape index (κ1) is 12.9. The highest BCUT2D eigenvalue weighted by Crippen LogP contribution is 2.32. The quantitative estimate of drug-likeness (QED) is 0.589. The van der Waals surface area contributed by atoms with Crippen LogP contribution in [0.5, 0.6) is 0 Å². The minimum Gasteiger partial charge on any atom is -0.298 e. The van der Waals surface area contributed by atoms with Crippen molar-refractivity contribution in [2.24, 2.45) is 0 Å². The Hall–Kier alpha value is -1.55. The van der Waals surface area contributed by atoms with Gasteiger partial charge in [0.25, 0.3) is 0 Å². The van der Waals surface area contributed by atoms with Gasteiger partial charge in [-0.3, -0.25) is 4.79 Å². The zero-order valence-electron chi connectivity index (χ0n) is 9.51. The molecular formula is C14H9BrF2O. The molecule has 0 aliphatic rings. The van der Waals surface area contributed by atoms with Gasteiger partial charge >= 0.3 is 0 Å². The Bertz CT molecular complexity index is 623. The number of carbonyl (C=O) groups is 1. The molecule has 0 bridgehead atoms. The van der Waals surface area contributed by atoms with E-state index >= 15 is 0 Å². The maximum Gasteiger partial charge on any atom is 0.150 e. The van der Waals surface area contributed by atoms with Crippen LogP contribution in [0, 0.1) is 18.6 Å². The summed E-state index contributed by atoms with van der Waals surface area (Å²) in [4.78, 5) is 10.6. The zero-order valence-corrected chi connectivity index (χ0v) is 11.1. The lowest BCUT2D eigenvalue weighted by atomic mass is 9.98. The number of hydrogen-bond acceptors (Lipinski definition) is 1. The molecule has 0 aliphatic heterocycles. The summed E-state index contributed by atoms with van der Waals surface area (Å²) in [5, 5.41) is 0. The van der Waals surface area contributed by atoms with Crippen LogP contribution in [0.1, 0.15) is 15.9 Å². The molecule has 2 aromatic rings. The van der Waals surface area contributed by atoms with Crippen LogP contribution in [0.25, 0.3) is 11.1 Å². The zero-order chi connectivity index (χ0) is 13.3. The molecule has 0 heterocycles. The number of aldehydes is 1. The van der Waals surface area contributed by atoms with E-state index < -0.39 is 11.6 Å². The van der Waals surface area contributed by atoms with Crippen molar-refractivity contribution in [2.45, 2.75) is 6.92 Å². The molecule has 0 atom stereocenters. The van der Waals surface area contributed by atoms with Gasteiger partial charge in [-0.25, -0.2) is 8.78 Å². The number of carbonyl (C=O) groups excluding carboxylic acids is 1. The molecule has 1 nitrogen and oxygen atoms in total. The molecule has 0 aromatic heterocycles. The Morgan fingerprint density at radius 1 is 1.17 bits per heavy atom. The molecule has 18 heavy (non-hydrogen) atoms. The Morgan fingerprint density at radius 2 is 1.89 bits per heavy atom. The van der Waals surface area contributed by atoms with E-state index in [0.29, 0.717) is 23.0 Å². The predicted octanol–water partition coefficient (Wildman–Crippen LogP) is 4.52. The molecule has 0 saturated heterocycles.